The maximum absolute atomic E-state index is 5.47. The Morgan fingerprint density at radius 1 is 1.30 bits per heavy atom. The number of ether oxygens (including phenoxy) is 2. The molecule has 0 aliphatic carbocycles. The third-order valence-electron chi connectivity index (χ3n) is 3.05. The van der Waals surface area contributed by atoms with Crippen LogP contribution in [0.15, 0.2) is 41.0 Å². The lowest BCUT2D eigenvalue weighted by atomic mass is 9.91. The molecule has 0 radical (unpaired) electrons. The summed E-state index contributed by atoms with van der Waals surface area (Å²) in [4.78, 5) is 4.32. The molecule has 0 saturated carbocycles. The summed E-state index contributed by atoms with van der Waals surface area (Å²) in [7, 11) is 1.67. The van der Waals surface area contributed by atoms with Gasteiger partial charge in [0, 0.05) is 22.9 Å². The molecule has 0 spiro atoms. The smallest absolute Gasteiger partial charge is 0.210 e. The van der Waals surface area contributed by atoms with Gasteiger partial charge in [0.25, 0.3) is 0 Å². The molecule has 4 heteroatoms. The summed E-state index contributed by atoms with van der Waals surface area (Å²) in [5, 5.41) is 3.44. The summed E-state index contributed by atoms with van der Waals surface area (Å²) in [5.41, 5.74) is 2.07. The van der Waals surface area contributed by atoms with E-state index in [1.165, 1.54) is 0 Å². The molecule has 1 N–H and O–H groups in total. The normalized spacial score (nSPS) is 15.6. The lowest BCUT2D eigenvalue weighted by Gasteiger charge is -2.24. The zero-order valence-corrected chi connectivity index (χ0v) is 12.6. The van der Waals surface area contributed by atoms with E-state index in [1.807, 2.05) is 30.3 Å². The Balaban J connectivity index is 2.19. The van der Waals surface area contributed by atoms with Crippen molar-refractivity contribution in [3.8, 4) is 5.75 Å². The molecule has 0 bridgehead atoms. The number of allylic oxidation sites excluding steroid dienone is 1. The van der Waals surface area contributed by atoms with Crippen LogP contribution < -0.4 is 10.1 Å². The van der Waals surface area contributed by atoms with Crippen LogP contribution in [0.25, 0.3) is 0 Å². The van der Waals surface area contributed by atoms with Gasteiger partial charge >= 0.3 is 0 Å². The number of nitrogens with one attached hydrogen (secondary N) is 1. The molecule has 108 valence electrons. The van der Waals surface area contributed by atoms with Crippen LogP contribution in [0.4, 0.5) is 5.69 Å². The summed E-state index contributed by atoms with van der Waals surface area (Å²) >= 11 is 0. The van der Waals surface area contributed by atoms with E-state index in [9.17, 15) is 0 Å². The zero-order chi connectivity index (χ0) is 14.6. The number of aliphatic imine (C=N–C) groups is 1. The summed E-state index contributed by atoms with van der Waals surface area (Å²) in [6.07, 6.45) is 1.98. The van der Waals surface area contributed by atoms with E-state index in [0.29, 0.717) is 12.5 Å². The highest BCUT2D eigenvalue weighted by molar-refractivity contribution is 5.90. The molecule has 0 fully saturated rings. The van der Waals surface area contributed by atoms with Gasteiger partial charge in [-0.25, -0.2) is 4.99 Å². The van der Waals surface area contributed by atoms with E-state index < -0.39 is 0 Å². The molecule has 0 saturated heterocycles. The average Bonchev–Trinajstić information content (AvgIpc) is 2.91. The van der Waals surface area contributed by atoms with Crippen molar-refractivity contribution in [3.63, 3.8) is 0 Å². The molecule has 1 aromatic rings. The SMILES string of the molecule is COc1ccc(N/C(=C\C2=NCCO2)C(C)(C)C)cc1. The second kappa shape index (κ2) is 5.99. The van der Waals surface area contributed by atoms with Gasteiger partial charge in [-0.15, -0.1) is 0 Å². The topological polar surface area (TPSA) is 42.8 Å². The summed E-state index contributed by atoms with van der Waals surface area (Å²) < 4.78 is 10.6. The number of anilines is 1. The molecule has 0 amide bonds. The van der Waals surface area contributed by atoms with Crippen LogP contribution in [0.5, 0.6) is 5.75 Å². The van der Waals surface area contributed by atoms with Crippen molar-refractivity contribution < 1.29 is 9.47 Å². The third-order valence-corrected chi connectivity index (χ3v) is 3.05. The Labute approximate surface area is 120 Å². The van der Waals surface area contributed by atoms with Gasteiger partial charge in [-0.1, -0.05) is 20.8 Å². The second-order valence-electron chi connectivity index (χ2n) is 5.73. The van der Waals surface area contributed by atoms with E-state index in [0.717, 1.165) is 23.7 Å². The fourth-order valence-corrected chi connectivity index (χ4v) is 1.83. The molecular weight excluding hydrogens is 252 g/mol. The second-order valence-corrected chi connectivity index (χ2v) is 5.73. The number of nitrogens with zero attached hydrogens (tertiary/aromatic N) is 1. The number of methoxy groups -OCH3 is 1. The number of benzene rings is 1. The summed E-state index contributed by atoms with van der Waals surface area (Å²) in [6, 6.07) is 7.86. The van der Waals surface area contributed by atoms with Crippen LogP contribution in [-0.4, -0.2) is 26.2 Å². The van der Waals surface area contributed by atoms with Gasteiger partial charge in [0.05, 0.1) is 13.7 Å². The molecule has 2 rings (SSSR count). The quantitative estimate of drug-likeness (QED) is 0.914. The molecule has 1 aliphatic rings. The molecule has 1 aliphatic heterocycles. The van der Waals surface area contributed by atoms with Crippen molar-refractivity contribution in [3.05, 3.63) is 36.0 Å². The fraction of sp³-hybridized carbons (Fsp3) is 0.438. The lowest BCUT2D eigenvalue weighted by Crippen LogP contribution is -2.18. The van der Waals surface area contributed by atoms with Crippen molar-refractivity contribution in [2.45, 2.75) is 20.8 Å². The van der Waals surface area contributed by atoms with Crippen molar-refractivity contribution >= 4 is 11.6 Å². The third kappa shape index (κ3) is 3.76. The van der Waals surface area contributed by atoms with Gasteiger partial charge in [0.15, 0.2) is 0 Å². The largest absolute Gasteiger partial charge is 0.497 e. The number of hydrogen-bond acceptors (Lipinski definition) is 4. The average molecular weight is 274 g/mol. The lowest BCUT2D eigenvalue weighted by molar-refractivity contribution is 0.349. The zero-order valence-electron chi connectivity index (χ0n) is 12.6. The van der Waals surface area contributed by atoms with Crippen LogP contribution in [0.3, 0.4) is 0 Å². The van der Waals surface area contributed by atoms with Gasteiger partial charge in [-0.05, 0) is 24.3 Å². The Hall–Kier alpha value is -1.97. The Bertz CT molecular complexity index is 510. The van der Waals surface area contributed by atoms with Crippen LogP contribution >= 0.6 is 0 Å². The van der Waals surface area contributed by atoms with Crippen molar-refractivity contribution in [1.29, 1.82) is 0 Å². The summed E-state index contributed by atoms with van der Waals surface area (Å²) in [5.74, 6) is 1.55. The van der Waals surface area contributed by atoms with Crippen molar-refractivity contribution in [1.82, 2.24) is 0 Å². The highest BCUT2D eigenvalue weighted by atomic mass is 16.5. The van der Waals surface area contributed by atoms with Gasteiger partial charge in [0.2, 0.25) is 5.90 Å². The van der Waals surface area contributed by atoms with E-state index in [1.54, 1.807) is 7.11 Å². The maximum atomic E-state index is 5.47. The van der Waals surface area contributed by atoms with Crippen LogP contribution in [0.2, 0.25) is 0 Å². The van der Waals surface area contributed by atoms with Gasteiger partial charge < -0.3 is 14.8 Å². The monoisotopic (exact) mass is 274 g/mol. The maximum Gasteiger partial charge on any atom is 0.210 e. The standard InChI is InChI=1S/C16H22N2O2/c1-16(2,3)14(11-15-17-9-10-20-15)18-12-5-7-13(19-4)8-6-12/h5-8,11,18H,9-10H2,1-4H3/b14-11-. The highest BCUT2D eigenvalue weighted by Gasteiger charge is 2.19. The van der Waals surface area contributed by atoms with E-state index in [2.05, 4.69) is 31.1 Å². The van der Waals surface area contributed by atoms with Gasteiger partial charge in [-0.2, -0.15) is 0 Å². The molecule has 4 nitrogen and oxygen atoms in total. The molecular formula is C16H22N2O2. The molecule has 0 unspecified atom stereocenters. The Morgan fingerprint density at radius 3 is 2.50 bits per heavy atom. The predicted molar refractivity (Wildman–Crippen MR) is 82.4 cm³/mol. The van der Waals surface area contributed by atoms with E-state index in [4.69, 9.17) is 9.47 Å². The molecule has 0 aromatic heterocycles. The van der Waals surface area contributed by atoms with Crippen molar-refractivity contribution in [2.24, 2.45) is 10.4 Å². The minimum absolute atomic E-state index is 0.0194. The Kier molecular flexibility index (Phi) is 4.32. The van der Waals surface area contributed by atoms with Crippen LogP contribution in [0.1, 0.15) is 20.8 Å². The Morgan fingerprint density at radius 2 is 2.00 bits per heavy atom. The molecule has 1 heterocycles. The first-order valence-corrected chi connectivity index (χ1v) is 6.79. The fourth-order valence-electron chi connectivity index (χ4n) is 1.83. The highest BCUT2D eigenvalue weighted by Crippen LogP contribution is 2.28. The van der Waals surface area contributed by atoms with E-state index in [-0.39, 0.29) is 5.41 Å². The van der Waals surface area contributed by atoms with Crippen molar-refractivity contribution in [2.75, 3.05) is 25.6 Å². The first kappa shape index (κ1) is 14.4. The number of rotatable bonds is 4. The first-order chi connectivity index (χ1) is 9.49. The van der Waals surface area contributed by atoms with Crippen LogP contribution in [0, 0.1) is 5.41 Å². The summed E-state index contributed by atoms with van der Waals surface area (Å²) in [6.45, 7) is 7.89. The predicted octanol–water partition coefficient (Wildman–Crippen LogP) is 3.47. The molecule has 1 aromatic carbocycles. The van der Waals surface area contributed by atoms with Gasteiger partial charge in [-0.3, -0.25) is 0 Å². The van der Waals surface area contributed by atoms with E-state index >= 15 is 0 Å². The first-order valence-electron chi connectivity index (χ1n) is 6.79. The number of hydrogen-bond donors (Lipinski definition) is 1. The minimum atomic E-state index is -0.0194. The minimum Gasteiger partial charge on any atom is -0.497 e. The molecule has 20 heavy (non-hydrogen) atoms. The molecule has 0 atom stereocenters. The van der Waals surface area contributed by atoms with Gasteiger partial charge in [0.1, 0.15) is 12.4 Å². The van der Waals surface area contributed by atoms with Crippen LogP contribution in [-0.2, 0) is 4.74 Å².